The Kier molecular flexibility index (Phi) is 4.22. The van der Waals surface area contributed by atoms with Crippen molar-refractivity contribution in [2.24, 2.45) is 0 Å². The molecule has 0 saturated carbocycles. The van der Waals surface area contributed by atoms with Crippen LogP contribution in [0.5, 0.6) is 23.0 Å². The molecule has 28 heavy (non-hydrogen) atoms. The molecule has 0 saturated heterocycles. The van der Waals surface area contributed by atoms with Gasteiger partial charge in [0.15, 0.2) is 23.0 Å². The van der Waals surface area contributed by atoms with Crippen LogP contribution >= 0.6 is 0 Å². The minimum atomic E-state index is 0.424. The number of para-hydroxylation sites is 4. The molecule has 4 nitrogen and oxygen atoms in total. The Hall–Kier alpha value is -3.66. The molecular weight excluding hydrogens is 352 g/mol. The predicted octanol–water partition coefficient (Wildman–Crippen LogP) is 5.31. The highest BCUT2D eigenvalue weighted by atomic mass is 16.6. The number of benzene rings is 3. The fraction of sp³-hybridized carbons (Fsp3) is 0.0833. The highest BCUT2D eigenvalue weighted by Crippen LogP contribution is 2.33. The van der Waals surface area contributed by atoms with E-state index >= 15 is 0 Å². The molecule has 0 atom stereocenters. The summed E-state index contributed by atoms with van der Waals surface area (Å²) < 4.78 is 23.3. The summed E-state index contributed by atoms with van der Waals surface area (Å²) in [6, 6.07) is 23.5. The largest absolute Gasteiger partial charge is 0.482 e. The molecule has 0 unspecified atom stereocenters. The Labute approximate surface area is 163 Å². The van der Waals surface area contributed by atoms with Crippen molar-refractivity contribution in [3.8, 4) is 23.0 Å². The molecule has 0 spiro atoms. The molecule has 0 N–H and O–H groups in total. The lowest BCUT2D eigenvalue weighted by molar-refractivity contribution is 0.235. The molecule has 3 aromatic carbocycles. The van der Waals surface area contributed by atoms with E-state index in [1.54, 1.807) is 0 Å². The second-order valence-electron chi connectivity index (χ2n) is 6.56. The Morgan fingerprint density at radius 1 is 0.500 bits per heavy atom. The van der Waals surface area contributed by atoms with Crippen molar-refractivity contribution in [2.75, 3.05) is 13.2 Å². The van der Waals surface area contributed by atoms with Crippen molar-refractivity contribution in [3.63, 3.8) is 0 Å². The van der Waals surface area contributed by atoms with Crippen LogP contribution in [0.15, 0.2) is 84.3 Å². The molecule has 0 aliphatic carbocycles. The zero-order chi connectivity index (χ0) is 18.8. The summed E-state index contributed by atoms with van der Waals surface area (Å²) in [6.45, 7) is 0.848. The molecule has 0 fully saturated rings. The van der Waals surface area contributed by atoms with Crippen LogP contribution in [0.2, 0.25) is 0 Å². The van der Waals surface area contributed by atoms with Crippen molar-refractivity contribution in [2.45, 2.75) is 0 Å². The van der Waals surface area contributed by atoms with Crippen molar-refractivity contribution in [1.82, 2.24) is 0 Å². The molecule has 2 aliphatic heterocycles. The molecular formula is C24H18O4. The Balaban J connectivity index is 1.30. The van der Waals surface area contributed by atoms with E-state index in [1.165, 1.54) is 0 Å². The number of fused-ring (bicyclic) bond motifs is 2. The summed E-state index contributed by atoms with van der Waals surface area (Å²) in [7, 11) is 0. The van der Waals surface area contributed by atoms with Crippen LogP contribution in [0.1, 0.15) is 11.1 Å². The number of ether oxygens (including phenoxy) is 4. The molecule has 0 amide bonds. The maximum atomic E-state index is 5.91. The first-order valence-corrected chi connectivity index (χ1v) is 9.14. The molecule has 4 heteroatoms. The van der Waals surface area contributed by atoms with Gasteiger partial charge in [-0.1, -0.05) is 48.5 Å². The SMILES string of the molecule is C(=C1\COc2ccccc2O1)/c1ccc(/C=C2/COc3ccccc3O2)cc1. The Morgan fingerprint density at radius 3 is 1.32 bits per heavy atom. The third-order valence-electron chi connectivity index (χ3n) is 4.51. The van der Waals surface area contributed by atoms with Gasteiger partial charge in [0.05, 0.1) is 0 Å². The zero-order valence-corrected chi connectivity index (χ0v) is 15.1. The van der Waals surface area contributed by atoms with E-state index in [2.05, 4.69) is 0 Å². The van der Waals surface area contributed by atoms with Gasteiger partial charge in [-0.3, -0.25) is 0 Å². The summed E-state index contributed by atoms with van der Waals surface area (Å²) in [5, 5.41) is 0. The van der Waals surface area contributed by atoms with Crippen LogP contribution in [-0.4, -0.2) is 13.2 Å². The van der Waals surface area contributed by atoms with E-state index in [-0.39, 0.29) is 0 Å². The monoisotopic (exact) mass is 370 g/mol. The van der Waals surface area contributed by atoms with Crippen molar-refractivity contribution in [3.05, 3.63) is 95.4 Å². The highest BCUT2D eigenvalue weighted by Gasteiger charge is 2.16. The van der Waals surface area contributed by atoms with Gasteiger partial charge in [0.1, 0.15) is 24.7 Å². The minimum Gasteiger partial charge on any atom is -0.482 e. The minimum absolute atomic E-state index is 0.424. The van der Waals surface area contributed by atoms with Crippen molar-refractivity contribution >= 4 is 12.2 Å². The summed E-state index contributed by atoms with van der Waals surface area (Å²) in [6.07, 6.45) is 3.98. The summed E-state index contributed by atoms with van der Waals surface area (Å²) in [5.74, 6) is 4.61. The first-order chi connectivity index (χ1) is 13.8. The number of hydrogen-bond donors (Lipinski definition) is 0. The van der Waals surface area contributed by atoms with E-state index in [1.807, 2.05) is 84.9 Å². The topological polar surface area (TPSA) is 36.9 Å². The molecule has 5 rings (SSSR count). The molecule has 2 aliphatic rings. The van der Waals surface area contributed by atoms with Crippen LogP contribution < -0.4 is 18.9 Å². The fourth-order valence-corrected chi connectivity index (χ4v) is 3.15. The van der Waals surface area contributed by atoms with E-state index < -0.39 is 0 Å². The lowest BCUT2D eigenvalue weighted by Gasteiger charge is -2.20. The van der Waals surface area contributed by atoms with Gasteiger partial charge in [-0.05, 0) is 47.5 Å². The third-order valence-corrected chi connectivity index (χ3v) is 4.51. The van der Waals surface area contributed by atoms with Gasteiger partial charge in [-0.2, -0.15) is 0 Å². The second-order valence-corrected chi connectivity index (χ2v) is 6.56. The number of rotatable bonds is 2. The molecule has 0 bridgehead atoms. The molecule has 2 heterocycles. The highest BCUT2D eigenvalue weighted by molar-refractivity contribution is 5.60. The molecule has 138 valence electrons. The first-order valence-electron chi connectivity index (χ1n) is 9.14. The van der Waals surface area contributed by atoms with Gasteiger partial charge < -0.3 is 18.9 Å². The van der Waals surface area contributed by atoms with Gasteiger partial charge in [0.2, 0.25) is 0 Å². The van der Waals surface area contributed by atoms with E-state index in [0.717, 1.165) is 45.6 Å². The third kappa shape index (κ3) is 3.45. The standard InChI is InChI=1S/C24H18O4/c1-3-7-23-21(5-1)25-15-19(27-23)13-17-9-11-18(12-10-17)14-20-16-26-22-6-2-4-8-24(22)28-20/h1-14H,15-16H2/b19-13-,20-14-. The van der Waals surface area contributed by atoms with Crippen molar-refractivity contribution in [1.29, 1.82) is 0 Å². The van der Waals surface area contributed by atoms with E-state index in [9.17, 15) is 0 Å². The molecule has 3 aromatic rings. The van der Waals surface area contributed by atoms with Crippen LogP contribution in [0.3, 0.4) is 0 Å². The average molecular weight is 370 g/mol. The zero-order valence-electron chi connectivity index (χ0n) is 15.1. The summed E-state index contributed by atoms with van der Waals surface area (Å²) >= 11 is 0. The van der Waals surface area contributed by atoms with Crippen molar-refractivity contribution < 1.29 is 18.9 Å². The lowest BCUT2D eigenvalue weighted by Crippen LogP contribution is -2.13. The molecule has 0 radical (unpaired) electrons. The second kappa shape index (κ2) is 7.16. The number of hydrogen-bond acceptors (Lipinski definition) is 4. The van der Waals surface area contributed by atoms with E-state index in [4.69, 9.17) is 18.9 Å². The molecule has 0 aromatic heterocycles. The quantitative estimate of drug-likeness (QED) is 0.612. The van der Waals surface area contributed by atoms with Crippen LogP contribution in [0.4, 0.5) is 0 Å². The van der Waals surface area contributed by atoms with Gasteiger partial charge in [0.25, 0.3) is 0 Å². The summed E-state index contributed by atoms with van der Waals surface area (Å²) in [5.41, 5.74) is 2.09. The maximum Gasteiger partial charge on any atom is 0.169 e. The lowest BCUT2D eigenvalue weighted by atomic mass is 10.1. The maximum absolute atomic E-state index is 5.91. The smallest absolute Gasteiger partial charge is 0.169 e. The summed E-state index contributed by atoms with van der Waals surface area (Å²) in [4.78, 5) is 0. The van der Waals surface area contributed by atoms with Gasteiger partial charge in [0, 0.05) is 0 Å². The van der Waals surface area contributed by atoms with Gasteiger partial charge >= 0.3 is 0 Å². The van der Waals surface area contributed by atoms with Crippen LogP contribution in [0, 0.1) is 0 Å². The fourth-order valence-electron chi connectivity index (χ4n) is 3.15. The van der Waals surface area contributed by atoms with Gasteiger partial charge in [-0.25, -0.2) is 0 Å². The van der Waals surface area contributed by atoms with Gasteiger partial charge in [-0.15, -0.1) is 0 Å². The van der Waals surface area contributed by atoms with Crippen LogP contribution in [0.25, 0.3) is 12.2 Å². The van der Waals surface area contributed by atoms with E-state index in [0.29, 0.717) is 13.2 Å². The Morgan fingerprint density at radius 2 is 0.893 bits per heavy atom. The first kappa shape index (κ1) is 16.5. The van der Waals surface area contributed by atoms with Crippen LogP contribution in [-0.2, 0) is 0 Å². The predicted molar refractivity (Wildman–Crippen MR) is 108 cm³/mol. The average Bonchev–Trinajstić information content (AvgIpc) is 2.75. The normalized spacial score (nSPS) is 17.6. The Bertz CT molecular complexity index is 977.